The Bertz CT molecular complexity index is 845. The van der Waals surface area contributed by atoms with E-state index in [0.29, 0.717) is 23.6 Å². The van der Waals surface area contributed by atoms with Crippen molar-refractivity contribution in [3.8, 4) is 5.69 Å². The summed E-state index contributed by atoms with van der Waals surface area (Å²) in [5.41, 5.74) is 3.05. The first-order chi connectivity index (χ1) is 11.7. The van der Waals surface area contributed by atoms with Gasteiger partial charge in [0, 0.05) is 11.2 Å². The zero-order valence-corrected chi connectivity index (χ0v) is 14.0. The van der Waals surface area contributed by atoms with E-state index in [-0.39, 0.29) is 5.91 Å². The fraction of sp³-hybridized carbons (Fsp3) is 0.167. The quantitative estimate of drug-likeness (QED) is 0.774. The molecule has 2 heterocycles. The van der Waals surface area contributed by atoms with Crippen LogP contribution in [0.2, 0.25) is 5.02 Å². The van der Waals surface area contributed by atoms with Crippen molar-refractivity contribution < 1.29 is 4.79 Å². The molecule has 0 aliphatic heterocycles. The third kappa shape index (κ3) is 3.46. The van der Waals surface area contributed by atoms with E-state index in [4.69, 9.17) is 11.6 Å². The molecule has 3 aromatic rings. The van der Waals surface area contributed by atoms with E-state index in [1.54, 1.807) is 23.1 Å². The number of nitrogens with one attached hydrogen (secondary N) is 1. The van der Waals surface area contributed by atoms with Gasteiger partial charge in [-0.3, -0.25) is 9.78 Å². The highest BCUT2D eigenvalue weighted by molar-refractivity contribution is 6.30. The van der Waals surface area contributed by atoms with Crippen LogP contribution in [0.3, 0.4) is 0 Å². The first kappa shape index (κ1) is 16.2. The molecular weight excluding hydrogens is 324 g/mol. The Morgan fingerprint density at radius 3 is 2.83 bits per heavy atom. The minimum atomic E-state index is -0.161. The van der Waals surface area contributed by atoms with Gasteiger partial charge in [0.1, 0.15) is 0 Å². The van der Waals surface area contributed by atoms with E-state index in [2.05, 4.69) is 15.4 Å². The third-order valence-corrected chi connectivity index (χ3v) is 3.89. The third-order valence-electron chi connectivity index (χ3n) is 3.66. The zero-order chi connectivity index (χ0) is 16.9. The van der Waals surface area contributed by atoms with Crippen LogP contribution in [0, 0.1) is 0 Å². The van der Waals surface area contributed by atoms with E-state index in [9.17, 15) is 4.79 Å². The summed E-state index contributed by atoms with van der Waals surface area (Å²) in [5, 5.41) is 7.87. The highest BCUT2D eigenvalue weighted by Crippen LogP contribution is 2.19. The van der Waals surface area contributed by atoms with Crippen molar-refractivity contribution in [1.29, 1.82) is 0 Å². The van der Waals surface area contributed by atoms with Crippen molar-refractivity contribution in [2.45, 2.75) is 19.9 Å². The monoisotopic (exact) mass is 340 g/mol. The number of pyridine rings is 1. The number of benzene rings is 1. The molecule has 122 valence electrons. The second kappa shape index (κ2) is 7.27. The van der Waals surface area contributed by atoms with Gasteiger partial charge < -0.3 is 5.32 Å². The Kier molecular flexibility index (Phi) is 4.91. The molecule has 1 aromatic carbocycles. The normalized spacial score (nSPS) is 10.6. The zero-order valence-electron chi connectivity index (χ0n) is 13.2. The number of carbonyl (C=O) groups excluding carboxylic acids is 1. The van der Waals surface area contributed by atoms with Crippen LogP contribution in [-0.2, 0) is 13.0 Å². The summed E-state index contributed by atoms with van der Waals surface area (Å²) < 4.78 is 1.75. The molecule has 0 atom stereocenters. The van der Waals surface area contributed by atoms with Crippen molar-refractivity contribution in [1.82, 2.24) is 20.1 Å². The highest BCUT2D eigenvalue weighted by Gasteiger charge is 2.17. The summed E-state index contributed by atoms with van der Waals surface area (Å²) in [5.74, 6) is -0.161. The minimum absolute atomic E-state index is 0.161. The van der Waals surface area contributed by atoms with E-state index < -0.39 is 0 Å². The Morgan fingerprint density at radius 1 is 1.25 bits per heavy atom. The summed E-state index contributed by atoms with van der Waals surface area (Å²) in [6, 6.07) is 13.0. The van der Waals surface area contributed by atoms with Crippen LogP contribution in [0.4, 0.5) is 0 Å². The Labute approximate surface area is 145 Å². The van der Waals surface area contributed by atoms with E-state index in [1.165, 1.54) is 0 Å². The van der Waals surface area contributed by atoms with Gasteiger partial charge in [0.2, 0.25) is 0 Å². The molecule has 6 heteroatoms. The van der Waals surface area contributed by atoms with Gasteiger partial charge in [-0.2, -0.15) is 5.10 Å². The second-order valence-corrected chi connectivity index (χ2v) is 5.69. The lowest BCUT2D eigenvalue weighted by Crippen LogP contribution is -2.24. The molecule has 1 N–H and O–H groups in total. The van der Waals surface area contributed by atoms with Crippen LogP contribution >= 0.6 is 11.6 Å². The lowest BCUT2D eigenvalue weighted by molar-refractivity contribution is 0.0949. The molecular formula is C18H17ClN4O. The standard InChI is InChI=1S/C18H17ClN4O/c1-2-17-16(18(24)21-11-14-7-3-4-9-20-14)12-22-23(17)15-8-5-6-13(19)10-15/h3-10,12H,2,11H2,1H3,(H,21,24). The fourth-order valence-corrected chi connectivity index (χ4v) is 2.69. The van der Waals surface area contributed by atoms with Crippen LogP contribution in [0.25, 0.3) is 5.69 Å². The summed E-state index contributed by atoms with van der Waals surface area (Å²) >= 11 is 6.05. The summed E-state index contributed by atoms with van der Waals surface area (Å²) in [6.07, 6.45) is 3.97. The molecule has 24 heavy (non-hydrogen) atoms. The van der Waals surface area contributed by atoms with Crippen molar-refractivity contribution in [2.24, 2.45) is 0 Å². The van der Waals surface area contributed by atoms with Crippen LogP contribution in [0.1, 0.15) is 28.7 Å². The van der Waals surface area contributed by atoms with E-state index >= 15 is 0 Å². The molecule has 5 nitrogen and oxygen atoms in total. The van der Waals surface area contributed by atoms with Crippen LogP contribution in [-0.4, -0.2) is 20.7 Å². The van der Waals surface area contributed by atoms with Crippen LogP contribution < -0.4 is 5.32 Å². The maximum Gasteiger partial charge on any atom is 0.255 e. The van der Waals surface area contributed by atoms with Gasteiger partial charge in [0.05, 0.1) is 35.4 Å². The van der Waals surface area contributed by atoms with E-state index in [0.717, 1.165) is 17.1 Å². The molecule has 0 radical (unpaired) electrons. The van der Waals surface area contributed by atoms with Gasteiger partial charge in [-0.05, 0) is 36.8 Å². The smallest absolute Gasteiger partial charge is 0.255 e. The number of rotatable bonds is 5. The lowest BCUT2D eigenvalue weighted by atomic mass is 10.2. The number of halogens is 1. The molecule has 0 bridgehead atoms. The maximum atomic E-state index is 12.5. The van der Waals surface area contributed by atoms with Crippen LogP contribution in [0.15, 0.2) is 54.9 Å². The first-order valence-electron chi connectivity index (χ1n) is 7.70. The number of amides is 1. The van der Waals surface area contributed by atoms with Crippen molar-refractivity contribution in [3.05, 3.63) is 76.8 Å². The fourth-order valence-electron chi connectivity index (χ4n) is 2.50. The lowest BCUT2D eigenvalue weighted by Gasteiger charge is -2.09. The molecule has 2 aromatic heterocycles. The number of carbonyl (C=O) groups is 1. The second-order valence-electron chi connectivity index (χ2n) is 5.25. The molecule has 0 saturated heterocycles. The summed E-state index contributed by atoms with van der Waals surface area (Å²) in [6.45, 7) is 2.37. The average molecular weight is 341 g/mol. The molecule has 0 unspecified atom stereocenters. The highest BCUT2D eigenvalue weighted by atomic mass is 35.5. The van der Waals surface area contributed by atoms with Gasteiger partial charge >= 0.3 is 0 Å². The van der Waals surface area contributed by atoms with Gasteiger partial charge in [0.15, 0.2) is 0 Å². The Hall–Kier alpha value is -2.66. The topological polar surface area (TPSA) is 59.8 Å². The molecule has 0 aliphatic rings. The molecule has 0 fully saturated rings. The van der Waals surface area contributed by atoms with Gasteiger partial charge in [-0.15, -0.1) is 0 Å². The summed E-state index contributed by atoms with van der Waals surface area (Å²) in [4.78, 5) is 16.7. The Balaban J connectivity index is 1.82. The Morgan fingerprint density at radius 2 is 2.12 bits per heavy atom. The van der Waals surface area contributed by atoms with Crippen molar-refractivity contribution in [3.63, 3.8) is 0 Å². The van der Waals surface area contributed by atoms with Gasteiger partial charge in [-0.1, -0.05) is 30.7 Å². The number of nitrogens with zero attached hydrogens (tertiary/aromatic N) is 3. The van der Waals surface area contributed by atoms with Crippen molar-refractivity contribution in [2.75, 3.05) is 0 Å². The van der Waals surface area contributed by atoms with Crippen LogP contribution in [0.5, 0.6) is 0 Å². The number of aromatic nitrogens is 3. The number of hydrogen-bond donors (Lipinski definition) is 1. The van der Waals surface area contributed by atoms with Crippen molar-refractivity contribution >= 4 is 17.5 Å². The minimum Gasteiger partial charge on any atom is -0.346 e. The average Bonchev–Trinajstić information content (AvgIpc) is 3.04. The first-order valence-corrected chi connectivity index (χ1v) is 8.07. The predicted octanol–water partition coefficient (Wildman–Crippen LogP) is 3.41. The van der Waals surface area contributed by atoms with E-state index in [1.807, 2.05) is 43.3 Å². The molecule has 0 saturated carbocycles. The number of hydrogen-bond acceptors (Lipinski definition) is 3. The summed E-state index contributed by atoms with van der Waals surface area (Å²) in [7, 11) is 0. The molecule has 0 aliphatic carbocycles. The maximum absolute atomic E-state index is 12.5. The molecule has 1 amide bonds. The molecule has 0 spiro atoms. The van der Waals surface area contributed by atoms with Gasteiger partial charge in [-0.25, -0.2) is 4.68 Å². The van der Waals surface area contributed by atoms with Gasteiger partial charge in [0.25, 0.3) is 5.91 Å². The largest absolute Gasteiger partial charge is 0.346 e. The molecule has 3 rings (SSSR count). The SMILES string of the molecule is CCc1c(C(=O)NCc2ccccn2)cnn1-c1cccc(Cl)c1. The predicted molar refractivity (Wildman–Crippen MR) is 93.4 cm³/mol.